The van der Waals surface area contributed by atoms with Gasteiger partial charge in [0.05, 0.1) is 26.7 Å². The van der Waals surface area contributed by atoms with E-state index in [1.165, 1.54) is 14.2 Å². The SMILES string of the molecule is COc1ccc(C(CC(=O)O)NC(=O)CCC(=O)c2ccccc2)c(OC)c1. The number of Topliss-reactive ketones (excluding diaryl/α,β-unsaturated/α-hetero) is 1. The molecule has 0 aliphatic heterocycles. The average molecular weight is 385 g/mol. The van der Waals surface area contributed by atoms with Crippen molar-refractivity contribution in [2.24, 2.45) is 0 Å². The quantitative estimate of drug-likeness (QED) is 0.610. The third kappa shape index (κ3) is 5.84. The maximum atomic E-state index is 12.3. The van der Waals surface area contributed by atoms with Crippen LogP contribution in [-0.4, -0.2) is 37.0 Å². The highest BCUT2D eigenvalue weighted by Crippen LogP contribution is 2.31. The molecule has 0 aliphatic carbocycles. The number of carboxylic acids is 1. The van der Waals surface area contributed by atoms with Crippen LogP contribution in [0.1, 0.15) is 41.2 Å². The van der Waals surface area contributed by atoms with Gasteiger partial charge in [-0.25, -0.2) is 0 Å². The zero-order chi connectivity index (χ0) is 20.5. The van der Waals surface area contributed by atoms with Gasteiger partial charge in [-0.2, -0.15) is 0 Å². The minimum Gasteiger partial charge on any atom is -0.497 e. The summed E-state index contributed by atoms with van der Waals surface area (Å²) in [7, 11) is 2.96. The van der Waals surface area contributed by atoms with Gasteiger partial charge in [-0.05, 0) is 12.1 Å². The van der Waals surface area contributed by atoms with E-state index in [9.17, 15) is 19.5 Å². The normalized spacial score (nSPS) is 11.4. The van der Waals surface area contributed by atoms with Gasteiger partial charge in [-0.15, -0.1) is 0 Å². The number of carbonyl (C=O) groups excluding carboxylic acids is 2. The molecule has 2 rings (SSSR count). The van der Waals surface area contributed by atoms with Crippen molar-refractivity contribution >= 4 is 17.7 Å². The Morgan fingerprint density at radius 2 is 1.71 bits per heavy atom. The Hall–Kier alpha value is -3.35. The molecule has 1 atom stereocenters. The van der Waals surface area contributed by atoms with Crippen molar-refractivity contribution in [2.75, 3.05) is 14.2 Å². The fourth-order valence-corrected chi connectivity index (χ4v) is 2.78. The summed E-state index contributed by atoms with van der Waals surface area (Å²) >= 11 is 0. The number of aliphatic carboxylic acids is 1. The van der Waals surface area contributed by atoms with Crippen molar-refractivity contribution in [2.45, 2.75) is 25.3 Å². The number of carbonyl (C=O) groups is 3. The number of rotatable bonds is 10. The second-order valence-corrected chi connectivity index (χ2v) is 6.12. The number of amides is 1. The molecule has 7 heteroatoms. The molecule has 0 saturated heterocycles. The van der Waals surface area contributed by atoms with Crippen molar-refractivity contribution in [3.63, 3.8) is 0 Å². The van der Waals surface area contributed by atoms with Crippen LogP contribution in [0.3, 0.4) is 0 Å². The zero-order valence-corrected chi connectivity index (χ0v) is 15.8. The fourth-order valence-electron chi connectivity index (χ4n) is 2.78. The molecule has 148 valence electrons. The van der Waals surface area contributed by atoms with Crippen LogP contribution in [0.25, 0.3) is 0 Å². The number of hydrogen-bond donors (Lipinski definition) is 2. The molecule has 0 aliphatic rings. The number of ketones is 1. The molecule has 0 heterocycles. The maximum absolute atomic E-state index is 12.3. The molecule has 1 unspecified atom stereocenters. The molecule has 28 heavy (non-hydrogen) atoms. The van der Waals surface area contributed by atoms with Gasteiger partial charge in [0.1, 0.15) is 11.5 Å². The largest absolute Gasteiger partial charge is 0.497 e. The summed E-state index contributed by atoms with van der Waals surface area (Å²) in [6.45, 7) is 0. The topological polar surface area (TPSA) is 102 Å². The molecule has 0 fully saturated rings. The number of methoxy groups -OCH3 is 2. The summed E-state index contributed by atoms with van der Waals surface area (Å²) < 4.78 is 10.4. The summed E-state index contributed by atoms with van der Waals surface area (Å²) in [5, 5.41) is 11.9. The summed E-state index contributed by atoms with van der Waals surface area (Å²) in [5.74, 6) is -0.662. The Labute approximate surface area is 163 Å². The number of nitrogens with one attached hydrogen (secondary N) is 1. The van der Waals surface area contributed by atoms with E-state index in [0.29, 0.717) is 22.6 Å². The van der Waals surface area contributed by atoms with Crippen LogP contribution in [0.2, 0.25) is 0 Å². The minimum atomic E-state index is -1.07. The first kappa shape index (κ1) is 21.0. The second-order valence-electron chi connectivity index (χ2n) is 6.12. The monoisotopic (exact) mass is 385 g/mol. The number of hydrogen-bond acceptors (Lipinski definition) is 5. The van der Waals surface area contributed by atoms with Gasteiger partial charge >= 0.3 is 5.97 Å². The van der Waals surface area contributed by atoms with Gasteiger partial charge in [0.2, 0.25) is 5.91 Å². The second kappa shape index (κ2) is 10.1. The van der Waals surface area contributed by atoms with Crippen LogP contribution in [0.15, 0.2) is 48.5 Å². The first-order valence-corrected chi connectivity index (χ1v) is 8.76. The van der Waals surface area contributed by atoms with Gasteiger partial charge in [-0.1, -0.05) is 30.3 Å². The van der Waals surface area contributed by atoms with E-state index in [4.69, 9.17) is 9.47 Å². The van der Waals surface area contributed by atoms with Crippen LogP contribution in [0.4, 0.5) is 0 Å². The standard InChI is InChI=1S/C21H23NO6/c1-27-15-8-9-16(19(12-15)28-2)17(13-21(25)26)22-20(24)11-10-18(23)14-6-4-3-5-7-14/h3-9,12,17H,10-11,13H2,1-2H3,(H,22,24)(H,25,26). The summed E-state index contributed by atoms with van der Waals surface area (Å²) in [6.07, 6.45) is -0.321. The molecule has 0 bridgehead atoms. The molecule has 7 nitrogen and oxygen atoms in total. The predicted molar refractivity (Wildman–Crippen MR) is 103 cm³/mol. The Morgan fingerprint density at radius 1 is 1.00 bits per heavy atom. The number of benzene rings is 2. The van der Waals surface area contributed by atoms with Gasteiger partial charge < -0.3 is 19.9 Å². The van der Waals surface area contributed by atoms with Crippen LogP contribution < -0.4 is 14.8 Å². The minimum absolute atomic E-state index is 0.0371. The Balaban J connectivity index is 2.08. The van der Waals surface area contributed by atoms with Gasteiger partial charge in [-0.3, -0.25) is 14.4 Å². The van der Waals surface area contributed by atoms with Crippen molar-refractivity contribution < 1.29 is 29.0 Å². The molecular formula is C21H23NO6. The highest BCUT2D eigenvalue weighted by Gasteiger charge is 2.22. The fraction of sp³-hybridized carbons (Fsp3) is 0.286. The number of carboxylic acid groups (broad SMARTS) is 1. The van der Waals surface area contributed by atoms with Crippen LogP contribution >= 0.6 is 0 Å². The van der Waals surface area contributed by atoms with Crippen molar-refractivity contribution in [1.82, 2.24) is 5.32 Å². The third-order valence-corrected chi connectivity index (χ3v) is 4.20. The molecule has 0 aromatic heterocycles. The van der Waals surface area contributed by atoms with Crippen LogP contribution in [-0.2, 0) is 9.59 Å². The summed E-state index contributed by atoms with van der Waals surface area (Å²) in [4.78, 5) is 35.8. The third-order valence-electron chi connectivity index (χ3n) is 4.20. The molecule has 0 saturated carbocycles. The maximum Gasteiger partial charge on any atom is 0.305 e. The van der Waals surface area contributed by atoms with Gasteiger partial charge in [0.15, 0.2) is 5.78 Å². The number of ether oxygens (including phenoxy) is 2. The van der Waals surface area contributed by atoms with E-state index in [1.807, 2.05) is 6.07 Å². The lowest BCUT2D eigenvalue weighted by atomic mass is 10.0. The van der Waals surface area contributed by atoms with E-state index in [1.54, 1.807) is 42.5 Å². The van der Waals surface area contributed by atoms with Crippen LogP contribution in [0.5, 0.6) is 11.5 Å². The van der Waals surface area contributed by atoms with Crippen molar-refractivity contribution in [3.8, 4) is 11.5 Å². The molecule has 0 spiro atoms. The Bertz CT molecular complexity index is 834. The predicted octanol–water partition coefficient (Wildman–Crippen LogP) is 3.00. The van der Waals surface area contributed by atoms with Gasteiger partial charge in [0.25, 0.3) is 0 Å². The highest BCUT2D eigenvalue weighted by molar-refractivity contribution is 5.97. The van der Waals surface area contributed by atoms with E-state index < -0.39 is 17.9 Å². The lowest BCUT2D eigenvalue weighted by molar-refractivity contribution is -0.137. The summed E-state index contributed by atoms with van der Waals surface area (Å²) in [5.41, 5.74) is 1.06. The smallest absolute Gasteiger partial charge is 0.305 e. The molecule has 2 N–H and O–H groups in total. The highest BCUT2D eigenvalue weighted by atomic mass is 16.5. The molecule has 1 amide bonds. The zero-order valence-electron chi connectivity index (χ0n) is 15.8. The molecular weight excluding hydrogens is 362 g/mol. The first-order valence-electron chi connectivity index (χ1n) is 8.76. The van der Waals surface area contributed by atoms with Crippen LogP contribution in [0, 0.1) is 0 Å². The summed E-state index contributed by atoms with van der Waals surface area (Å²) in [6, 6.07) is 12.8. The van der Waals surface area contributed by atoms with Crippen molar-refractivity contribution in [3.05, 3.63) is 59.7 Å². The Kier molecular flexibility index (Phi) is 7.56. The van der Waals surface area contributed by atoms with E-state index in [0.717, 1.165) is 0 Å². The van der Waals surface area contributed by atoms with E-state index in [-0.39, 0.29) is 25.0 Å². The molecule has 0 radical (unpaired) electrons. The van der Waals surface area contributed by atoms with Crippen molar-refractivity contribution in [1.29, 1.82) is 0 Å². The first-order chi connectivity index (χ1) is 13.4. The molecule has 2 aromatic rings. The lowest BCUT2D eigenvalue weighted by Crippen LogP contribution is -2.30. The Morgan fingerprint density at radius 3 is 2.32 bits per heavy atom. The average Bonchev–Trinajstić information content (AvgIpc) is 2.71. The van der Waals surface area contributed by atoms with E-state index in [2.05, 4.69) is 5.32 Å². The van der Waals surface area contributed by atoms with E-state index >= 15 is 0 Å². The molecule has 2 aromatic carbocycles. The van der Waals surface area contributed by atoms with Gasteiger partial charge in [0, 0.05) is 30.0 Å². The lowest BCUT2D eigenvalue weighted by Gasteiger charge is -2.20.